The van der Waals surface area contributed by atoms with E-state index < -0.39 is 0 Å². The minimum Gasteiger partial charge on any atom is -0.314 e. The zero-order valence-electron chi connectivity index (χ0n) is 14.3. The first-order valence-electron chi connectivity index (χ1n) is 8.61. The molecule has 0 bridgehead atoms. The maximum atomic E-state index is 13.1. The highest BCUT2D eigenvalue weighted by Crippen LogP contribution is 2.46. The molecule has 3 heterocycles. The maximum absolute atomic E-state index is 13.1. The quantitative estimate of drug-likeness (QED) is 0.861. The molecule has 24 heavy (non-hydrogen) atoms. The number of anilines is 1. The highest BCUT2D eigenvalue weighted by Gasteiger charge is 2.51. The number of hydrogen-bond acceptors (Lipinski definition) is 4. The number of carbonyl (C=O) groups is 1. The molecule has 2 aliphatic heterocycles. The molecule has 2 aliphatic rings. The van der Waals surface area contributed by atoms with E-state index in [1.54, 1.807) is 11.3 Å². The number of rotatable bonds is 3. The van der Waals surface area contributed by atoms with Crippen molar-refractivity contribution < 1.29 is 4.79 Å². The molecule has 1 aromatic heterocycles. The van der Waals surface area contributed by atoms with Gasteiger partial charge in [0.1, 0.15) is 0 Å². The van der Waals surface area contributed by atoms with Gasteiger partial charge in [-0.3, -0.25) is 4.79 Å². The molecule has 0 N–H and O–H groups in total. The molecule has 1 spiro atoms. The molecule has 2 aromatic rings. The molecule has 4 rings (SSSR count). The van der Waals surface area contributed by atoms with Crippen molar-refractivity contribution in [3.05, 3.63) is 45.9 Å². The predicted octanol–water partition coefficient (Wildman–Crippen LogP) is 3.00. The third kappa shape index (κ3) is 2.47. The molecule has 0 radical (unpaired) electrons. The van der Waals surface area contributed by atoms with Gasteiger partial charge < -0.3 is 9.80 Å². The summed E-state index contributed by atoms with van der Waals surface area (Å²) in [7, 11) is 1.91. The molecule has 1 aromatic carbocycles. The Morgan fingerprint density at radius 3 is 2.96 bits per heavy atom. The Labute approximate surface area is 147 Å². The lowest BCUT2D eigenvalue weighted by molar-refractivity contribution is -0.124. The fourth-order valence-electron chi connectivity index (χ4n) is 4.24. The van der Waals surface area contributed by atoms with Crippen LogP contribution in [0.15, 0.2) is 29.6 Å². The number of aryl methyl sites for hydroxylation is 1. The van der Waals surface area contributed by atoms with Gasteiger partial charge in [0, 0.05) is 37.6 Å². The maximum Gasteiger partial charge on any atom is 0.238 e. The molecule has 1 atom stereocenters. The van der Waals surface area contributed by atoms with Crippen molar-refractivity contribution in [2.45, 2.75) is 31.6 Å². The van der Waals surface area contributed by atoms with Crippen LogP contribution in [0.4, 0.5) is 5.69 Å². The van der Waals surface area contributed by atoms with Gasteiger partial charge in [-0.1, -0.05) is 18.2 Å². The van der Waals surface area contributed by atoms with Gasteiger partial charge in [-0.15, -0.1) is 11.3 Å². The summed E-state index contributed by atoms with van der Waals surface area (Å²) < 4.78 is 0. The average Bonchev–Trinajstić information content (AvgIpc) is 3.11. The summed E-state index contributed by atoms with van der Waals surface area (Å²) in [5.74, 6) is 0.262. The van der Waals surface area contributed by atoms with Gasteiger partial charge in [-0.25, -0.2) is 4.98 Å². The summed E-state index contributed by atoms with van der Waals surface area (Å²) >= 11 is 1.71. The smallest absolute Gasteiger partial charge is 0.238 e. The number of aromatic nitrogens is 1. The number of amides is 1. The van der Waals surface area contributed by atoms with Crippen molar-refractivity contribution in [2.24, 2.45) is 0 Å². The summed E-state index contributed by atoms with van der Waals surface area (Å²) in [6, 6.07) is 8.29. The molecular formula is C19H23N3OS. The van der Waals surface area contributed by atoms with Gasteiger partial charge in [-0.05, 0) is 37.9 Å². The molecule has 4 nitrogen and oxygen atoms in total. The van der Waals surface area contributed by atoms with Crippen LogP contribution < -0.4 is 4.90 Å². The van der Waals surface area contributed by atoms with Crippen LogP contribution in [0.25, 0.3) is 0 Å². The second kappa shape index (κ2) is 5.97. The lowest BCUT2D eigenvalue weighted by atomic mass is 9.75. The number of likely N-dealkylation sites (tertiary alicyclic amines) is 1. The minimum absolute atomic E-state index is 0.262. The molecule has 126 valence electrons. The van der Waals surface area contributed by atoms with E-state index in [0.29, 0.717) is 0 Å². The zero-order chi connectivity index (χ0) is 16.7. The van der Waals surface area contributed by atoms with Crippen molar-refractivity contribution in [1.82, 2.24) is 9.88 Å². The van der Waals surface area contributed by atoms with Crippen LogP contribution in [0.5, 0.6) is 0 Å². The summed E-state index contributed by atoms with van der Waals surface area (Å²) in [5.41, 5.74) is 3.13. The van der Waals surface area contributed by atoms with E-state index in [4.69, 9.17) is 0 Å². The number of hydrogen-bond donors (Lipinski definition) is 0. The number of carbonyl (C=O) groups excluding carboxylic acids is 1. The van der Waals surface area contributed by atoms with Crippen LogP contribution in [0.2, 0.25) is 0 Å². The summed E-state index contributed by atoms with van der Waals surface area (Å²) in [4.78, 5) is 21.9. The first kappa shape index (κ1) is 15.8. The molecule has 1 fully saturated rings. The highest BCUT2D eigenvalue weighted by molar-refractivity contribution is 7.09. The largest absolute Gasteiger partial charge is 0.314 e. The van der Waals surface area contributed by atoms with Crippen LogP contribution in [-0.2, 0) is 16.6 Å². The second-order valence-corrected chi connectivity index (χ2v) is 8.01. The Balaban J connectivity index is 1.55. The fourth-order valence-corrected chi connectivity index (χ4v) is 4.89. The van der Waals surface area contributed by atoms with Crippen LogP contribution in [0, 0.1) is 6.92 Å². The molecule has 0 unspecified atom stereocenters. The average molecular weight is 341 g/mol. The normalized spacial score (nSPS) is 23.9. The third-order valence-corrected chi connectivity index (χ3v) is 6.24. The van der Waals surface area contributed by atoms with Crippen LogP contribution in [0.1, 0.15) is 29.1 Å². The lowest BCUT2D eigenvalue weighted by Crippen LogP contribution is -2.51. The Morgan fingerprint density at radius 2 is 2.17 bits per heavy atom. The predicted molar refractivity (Wildman–Crippen MR) is 97.8 cm³/mol. The Kier molecular flexibility index (Phi) is 3.93. The Hall–Kier alpha value is -1.72. The van der Waals surface area contributed by atoms with Crippen molar-refractivity contribution in [3.8, 4) is 0 Å². The number of benzene rings is 1. The Bertz CT molecular complexity index is 771. The summed E-state index contributed by atoms with van der Waals surface area (Å²) in [6.07, 6.45) is 3.00. The van der Waals surface area contributed by atoms with Crippen LogP contribution in [-0.4, -0.2) is 42.5 Å². The van der Waals surface area contributed by atoms with E-state index in [9.17, 15) is 4.79 Å². The number of thiazole rings is 1. The zero-order valence-corrected chi connectivity index (χ0v) is 15.1. The van der Waals surface area contributed by atoms with Crippen molar-refractivity contribution >= 4 is 22.9 Å². The number of likely N-dealkylation sites (N-methyl/N-ethyl adjacent to an activating group) is 1. The van der Waals surface area contributed by atoms with Crippen molar-refractivity contribution in [2.75, 3.05) is 31.6 Å². The summed E-state index contributed by atoms with van der Waals surface area (Å²) in [6.45, 7) is 4.93. The third-order valence-electron chi connectivity index (χ3n) is 5.42. The monoisotopic (exact) mass is 341 g/mol. The molecule has 1 amide bonds. The van der Waals surface area contributed by atoms with Gasteiger partial charge in [0.15, 0.2) is 0 Å². The van der Waals surface area contributed by atoms with Gasteiger partial charge in [0.25, 0.3) is 0 Å². The first-order valence-corrected chi connectivity index (χ1v) is 9.49. The van der Waals surface area contributed by atoms with E-state index in [-0.39, 0.29) is 11.3 Å². The van der Waals surface area contributed by atoms with Gasteiger partial charge in [-0.2, -0.15) is 0 Å². The standard InChI is InChI=1S/C19H23N3OS/c1-14-20-15(12-24-14)8-11-22-10-5-9-19(13-22)16-6-3-4-7-17(16)21(2)18(19)23/h3-4,6-7,12H,5,8-11,13H2,1-2H3/t19-/m1/s1. The van der Waals surface area contributed by atoms with Crippen molar-refractivity contribution in [3.63, 3.8) is 0 Å². The molecular weight excluding hydrogens is 318 g/mol. The fraction of sp³-hybridized carbons (Fsp3) is 0.474. The highest BCUT2D eigenvalue weighted by atomic mass is 32.1. The Morgan fingerprint density at radius 1 is 1.33 bits per heavy atom. The molecule has 0 aliphatic carbocycles. The first-order chi connectivity index (χ1) is 11.6. The van der Waals surface area contributed by atoms with Gasteiger partial charge >= 0.3 is 0 Å². The SMILES string of the molecule is Cc1nc(CCN2CCC[C@]3(C2)C(=O)N(C)c2ccccc23)cs1. The van der Waals surface area contributed by atoms with Gasteiger partial charge in [0.05, 0.1) is 16.1 Å². The van der Waals surface area contributed by atoms with E-state index in [1.807, 2.05) is 24.9 Å². The topological polar surface area (TPSA) is 36.4 Å². The minimum atomic E-state index is -0.346. The van der Waals surface area contributed by atoms with E-state index >= 15 is 0 Å². The number of piperidine rings is 1. The molecule has 0 saturated carbocycles. The molecule has 1 saturated heterocycles. The van der Waals surface area contributed by atoms with Gasteiger partial charge in [0.2, 0.25) is 5.91 Å². The van der Waals surface area contributed by atoms with E-state index in [1.165, 1.54) is 11.3 Å². The molecule has 5 heteroatoms. The lowest BCUT2D eigenvalue weighted by Gasteiger charge is -2.39. The summed E-state index contributed by atoms with van der Waals surface area (Å²) in [5, 5.41) is 3.28. The number of para-hydroxylation sites is 1. The second-order valence-electron chi connectivity index (χ2n) is 6.95. The van der Waals surface area contributed by atoms with Crippen molar-refractivity contribution in [1.29, 1.82) is 0 Å². The van der Waals surface area contributed by atoms with Crippen LogP contribution >= 0.6 is 11.3 Å². The number of nitrogens with zero attached hydrogens (tertiary/aromatic N) is 3. The van der Waals surface area contributed by atoms with E-state index in [0.717, 1.165) is 49.6 Å². The van der Waals surface area contributed by atoms with E-state index in [2.05, 4.69) is 33.5 Å². The number of fused-ring (bicyclic) bond motifs is 2. The van der Waals surface area contributed by atoms with Crippen LogP contribution in [0.3, 0.4) is 0 Å².